The molecule has 2 N–H and O–H groups in total. The molecule has 2 aromatic carbocycles. The van der Waals surface area contributed by atoms with E-state index in [0.29, 0.717) is 33.2 Å². The van der Waals surface area contributed by atoms with Crippen molar-refractivity contribution in [1.29, 1.82) is 0 Å². The van der Waals surface area contributed by atoms with Crippen LogP contribution in [-0.4, -0.2) is 98.1 Å². The molecule has 0 unspecified atom stereocenters. The summed E-state index contributed by atoms with van der Waals surface area (Å²) >= 11 is 3.26. The van der Waals surface area contributed by atoms with Crippen LogP contribution in [0.15, 0.2) is 50.7 Å². The number of halogens is 1. The fourth-order valence-electron chi connectivity index (χ4n) is 4.28. The maximum atomic E-state index is 13.7. The molecule has 0 amide bonds. The molecule has 0 radical (unpaired) electrons. The summed E-state index contributed by atoms with van der Waals surface area (Å²) in [6.07, 6.45) is 1.60. The van der Waals surface area contributed by atoms with Crippen LogP contribution in [0.2, 0.25) is 0 Å². The van der Waals surface area contributed by atoms with Gasteiger partial charge in [0.2, 0.25) is 9.84 Å². The normalized spacial score (nSPS) is 15.5. The van der Waals surface area contributed by atoms with Gasteiger partial charge in [0, 0.05) is 48.1 Å². The Bertz CT molecular complexity index is 1730. The smallest absolute Gasteiger partial charge is 0.324 e. The van der Waals surface area contributed by atoms with Gasteiger partial charge in [-0.3, -0.25) is 9.18 Å². The lowest BCUT2D eigenvalue weighted by atomic mass is 10.1. The van der Waals surface area contributed by atoms with Gasteiger partial charge in [0.05, 0.1) is 30.0 Å². The predicted molar refractivity (Wildman–Crippen MR) is 151 cm³/mol. The standard InChI is InChI=1S/C23H28BrN3O9S3.H2O/c1-25-9-11-26(12-10-25)15-17-16-13-20(34-2)22(39(32,33)21-8-6-5-7-18(21)24)14-19(16)27(36-38(4,30)31)23(17)35-37(3,28)29;/h5-8,13-14H,9-12,15H2,1-4H3;1H2. The molecule has 0 aliphatic carbocycles. The minimum Gasteiger partial charge on any atom is -0.495 e. The summed E-state index contributed by atoms with van der Waals surface area (Å²) in [6, 6.07) is 8.81. The molecule has 40 heavy (non-hydrogen) atoms. The van der Waals surface area contributed by atoms with Crippen molar-refractivity contribution in [3.05, 3.63) is 46.4 Å². The van der Waals surface area contributed by atoms with Crippen molar-refractivity contribution in [1.82, 2.24) is 14.5 Å². The molecule has 0 atom stereocenters. The largest absolute Gasteiger partial charge is 0.495 e. The molecule has 0 spiro atoms. The van der Waals surface area contributed by atoms with E-state index < -0.39 is 36.0 Å². The molecule has 1 saturated heterocycles. The van der Waals surface area contributed by atoms with Crippen LogP contribution in [0.1, 0.15) is 5.56 Å². The SMILES string of the molecule is COc1cc2c(CN3CCN(C)CC3)c(OS(C)(=O)=O)n(OS(C)(=O)=O)c2cc1S(=O)(=O)c1ccccc1Br.O. The van der Waals surface area contributed by atoms with E-state index in [9.17, 15) is 25.3 Å². The second-order valence-corrected chi connectivity index (χ2v) is 15.1. The van der Waals surface area contributed by atoms with Crippen LogP contribution < -0.4 is 13.2 Å². The second kappa shape index (κ2) is 11.8. The number of hydrogen-bond donors (Lipinski definition) is 0. The molecule has 1 aromatic heterocycles. The summed E-state index contributed by atoms with van der Waals surface area (Å²) in [7, 11) is -9.29. The Kier molecular flexibility index (Phi) is 9.50. The average molecular weight is 685 g/mol. The van der Waals surface area contributed by atoms with Gasteiger partial charge in [-0.2, -0.15) is 16.8 Å². The van der Waals surface area contributed by atoms with E-state index in [1.54, 1.807) is 18.2 Å². The Balaban J connectivity index is 0.00000441. The van der Waals surface area contributed by atoms with E-state index in [4.69, 9.17) is 13.2 Å². The van der Waals surface area contributed by atoms with Crippen LogP contribution in [0.3, 0.4) is 0 Å². The molecular weight excluding hydrogens is 654 g/mol. The van der Waals surface area contributed by atoms with Gasteiger partial charge in [-0.05, 0) is 47.2 Å². The number of piperazine rings is 1. The summed E-state index contributed by atoms with van der Waals surface area (Å²) in [5.41, 5.74) is 0.265. The number of likely N-dealkylation sites (N-methyl/N-ethyl adjacent to an activating group) is 1. The lowest BCUT2D eigenvalue weighted by Gasteiger charge is -2.32. The molecule has 1 fully saturated rings. The molecule has 13 nitrogen and oxygen atoms in total. The van der Waals surface area contributed by atoms with Crippen molar-refractivity contribution in [2.45, 2.75) is 16.3 Å². The Morgan fingerprint density at radius 1 is 0.900 bits per heavy atom. The number of sulfone groups is 1. The van der Waals surface area contributed by atoms with E-state index in [-0.39, 0.29) is 33.1 Å². The third-order valence-electron chi connectivity index (χ3n) is 6.10. The first-order valence-electron chi connectivity index (χ1n) is 11.6. The third-order valence-corrected chi connectivity index (χ3v) is 9.77. The van der Waals surface area contributed by atoms with Crippen molar-refractivity contribution in [2.24, 2.45) is 0 Å². The summed E-state index contributed by atoms with van der Waals surface area (Å²) in [5, 5.41) is 0.305. The number of fused-ring (bicyclic) bond motifs is 1. The number of benzene rings is 2. The van der Waals surface area contributed by atoms with Crippen LogP contribution in [0, 0.1) is 0 Å². The molecule has 3 aromatic rings. The zero-order valence-corrected chi connectivity index (χ0v) is 26.2. The summed E-state index contributed by atoms with van der Waals surface area (Å²) in [6.45, 7) is 3.01. The molecule has 1 aliphatic rings. The Labute approximate surface area is 241 Å². The maximum Gasteiger partial charge on any atom is 0.324 e. The van der Waals surface area contributed by atoms with Gasteiger partial charge in [0.15, 0.2) is 0 Å². The molecule has 222 valence electrons. The number of nitrogens with zero attached hydrogens (tertiary/aromatic N) is 3. The fraction of sp³-hybridized carbons (Fsp3) is 0.391. The maximum absolute atomic E-state index is 13.7. The van der Waals surface area contributed by atoms with E-state index in [1.165, 1.54) is 25.3 Å². The van der Waals surface area contributed by atoms with Gasteiger partial charge >= 0.3 is 20.2 Å². The van der Waals surface area contributed by atoms with Crippen molar-refractivity contribution >= 4 is 56.9 Å². The number of ether oxygens (including phenoxy) is 1. The quantitative estimate of drug-likeness (QED) is 0.293. The minimum atomic E-state index is -4.22. The lowest BCUT2D eigenvalue weighted by molar-refractivity contribution is 0.147. The molecular formula is C23H30BrN3O10S3. The highest BCUT2D eigenvalue weighted by atomic mass is 79.9. The van der Waals surface area contributed by atoms with Crippen molar-refractivity contribution in [3.8, 4) is 11.6 Å². The Morgan fingerprint density at radius 2 is 1.52 bits per heavy atom. The number of methoxy groups -OCH3 is 1. The van der Waals surface area contributed by atoms with Gasteiger partial charge in [-0.1, -0.05) is 12.1 Å². The highest BCUT2D eigenvalue weighted by Crippen LogP contribution is 2.41. The van der Waals surface area contributed by atoms with Crippen molar-refractivity contribution < 1.29 is 43.9 Å². The van der Waals surface area contributed by atoms with Crippen LogP contribution in [-0.2, 0) is 36.6 Å². The molecule has 4 rings (SSSR count). The van der Waals surface area contributed by atoms with E-state index >= 15 is 0 Å². The molecule has 0 bridgehead atoms. The summed E-state index contributed by atoms with van der Waals surface area (Å²) < 4.78 is 93.4. The topological polar surface area (TPSA) is 173 Å². The average Bonchev–Trinajstić information content (AvgIpc) is 3.08. The molecule has 1 aliphatic heterocycles. The predicted octanol–water partition coefficient (Wildman–Crippen LogP) is 0.895. The van der Waals surface area contributed by atoms with E-state index in [2.05, 4.69) is 20.8 Å². The number of rotatable bonds is 9. The first kappa shape index (κ1) is 32.1. The molecule has 2 heterocycles. The fourth-order valence-corrected chi connectivity index (χ4v) is 7.57. The number of hydrogen-bond acceptors (Lipinski definition) is 11. The molecule has 0 saturated carbocycles. The van der Waals surface area contributed by atoms with Gasteiger partial charge in [0.1, 0.15) is 10.6 Å². The molecule has 17 heteroatoms. The minimum absolute atomic E-state index is 0. The lowest BCUT2D eigenvalue weighted by Crippen LogP contribution is -2.43. The third kappa shape index (κ3) is 6.89. The zero-order chi connectivity index (χ0) is 28.8. The second-order valence-electron chi connectivity index (χ2n) is 9.18. The Hall–Kier alpha value is -2.41. The summed E-state index contributed by atoms with van der Waals surface area (Å²) in [4.78, 5) is 3.86. The van der Waals surface area contributed by atoms with Crippen molar-refractivity contribution in [2.75, 3.05) is 52.8 Å². The highest BCUT2D eigenvalue weighted by Gasteiger charge is 2.32. The monoisotopic (exact) mass is 683 g/mol. The summed E-state index contributed by atoms with van der Waals surface area (Å²) in [5.74, 6) is -0.422. The van der Waals surface area contributed by atoms with Crippen LogP contribution in [0.5, 0.6) is 11.6 Å². The van der Waals surface area contributed by atoms with Crippen LogP contribution in [0.4, 0.5) is 0 Å². The van der Waals surface area contributed by atoms with Gasteiger partial charge in [-0.15, -0.1) is 4.73 Å². The van der Waals surface area contributed by atoms with Crippen molar-refractivity contribution in [3.63, 3.8) is 0 Å². The zero-order valence-electron chi connectivity index (χ0n) is 22.1. The van der Waals surface area contributed by atoms with Gasteiger partial charge in [-0.25, -0.2) is 8.42 Å². The van der Waals surface area contributed by atoms with Crippen LogP contribution in [0.25, 0.3) is 10.9 Å². The van der Waals surface area contributed by atoms with Crippen LogP contribution >= 0.6 is 15.9 Å². The van der Waals surface area contributed by atoms with Gasteiger partial charge in [0.25, 0.3) is 5.88 Å². The van der Waals surface area contributed by atoms with E-state index in [0.717, 1.165) is 25.6 Å². The van der Waals surface area contributed by atoms with Gasteiger partial charge < -0.3 is 19.3 Å². The van der Waals surface area contributed by atoms with E-state index in [1.807, 2.05) is 11.9 Å². The first-order chi connectivity index (χ1) is 18.1. The Morgan fingerprint density at radius 3 is 2.08 bits per heavy atom. The number of aromatic nitrogens is 1. The highest BCUT2D eigenvalue weighted by molar-refractivity contribution is 9.10. The first-order valence-corrected chi connectivity index (χ1v) is 17.5.